The average Bonchev–Trinajstić information content (AvgIpc) is 3.54. The monoisotopic (exact) mass is 542 g/mol. The molecule has 2 aliphatic rings. The first-order valence-electron chi connectivity index (χ1n) is 12.7. The number of nitrogens with zero attached hydrogens (tertiary/aromatic N) is 3. The summed E-state index contributed by atoms with van der Waals surface area (Å²) in [6.45, 7) is 1.64. The molecule has 0 radical (unpaired) electrons. The molecule has 1 N–H and O–H groups in total. The number of rotatable bonds is 8. The standard InChI is InChI=1S/C27H25F3N4O5/c28-27(29,30)37-21-4-2-1-3-19(21)25-20(26(39-33-25)16-5-6-16)15-36-18-9-11-34(12-10-18)23-8-7-17(14-31-23)22-13-24(35)32-38-22/h1-4,7-8,13-14,16,18H,5-6,9-12,15H2,(H,32,35). The van der Waals surface area contributed by atoms with Gasteiger partial charge in [0, 0.05) is 41.9 Å². The van der Waals surface area contributed by atoms with Gasteiger partial charge < -0.3 is 23.4 Å². The molecule has 4 aromatic rings. The molecule has 0 atom stereocenters. The lowest BCUT2D eigenvalue weighted by Gasteiger charge is -2.32. The molecule has 204 valence electrons. The fourth-order valence-corrected chi connectivity index (χ4v) is 4.81. The number of para-hydroxylation sites is 1. The lowest BCUT2D eigenvalue weighted by atomic mass is 10.0. The minimum absolute atomic E-state index is 0.0360. The van der Waals surface area contributed by atoms with Crippen LogP contribution in [0.25, 0.3) is 22.6 Å². The lowest BCUT2D eigenvalue weighted by Crippen LogP contribution is -2.37. The van der Waals surface area contributed by atoms with Crippen molar-refractivity contribution in [2.24, 2.45) is 0 Å². The van der Waals surface area contributed by atoms with Crippen LogP contribution in [0, 0.1) is 0 Å². The van der Waals surface area contributed by atoms with Gasteiger partial charge in [-0.15, -0.1) is 13.2 Å². The molecule has 1 saturated heterocycles. The molecule has 0 unspecified atom stereocenters. The number of hydrogen-bond acceptors (Lipinski definition) is 8. The maximum Gasteiger partial charge on any atom is 0.573 e. The molecule has 1 saturated carbocycles. The van der Waals surface area contributed by atoms with Crippen molar-refractivity contribution >= 4 is 5.82 Å². The van der Waals surface area contributed by atoms with Crippen molar-refractivity contribution in [3.05, 3.63) is 70.3 Å². The van der Waals surface area contributed by atoms with Crippen LogP contribution in [-0.4, -0.2) is 40.9 Å². The highest BCUT2D eigenvalue weighted by molar-refractivity contribution is 5.70. The molecule has 6 rings (SSSR count). The van der Waals surface area contributed by atoms with Gasteiger partial charge in [-0.3, -0.25) is 4.79 Å². The highest BCUT2D eigenvalue weighted by Crippen LogP contribution is 2.45. The molecule has 1 aromatic carbocycles. The zero-order chi connectivity index (χ0) is 27.0. The number of halogens is 3. The van der Waals surface area contributed by atoms with Gasteiger partial charge in [0.05, 0.1) is 18.8 Å². The fourth-order valence-electron chi connectivity index (χ4n) is 4.81. The van der Waals surface area contributed by atoms with Gasteiger partial charge in [0.2, 0.25) is 0 Å². The summed E-state index contributed by atoms with van der Waals surface area (Å²) in [6, 6.07) is 11.0. The fraction of sp³-hybridized carbons (Fsp3) is 0.370. The zero-order valence-electron chi connectivity index (χ0n) is 20.7. The van der Waals surface area contributed by atoms with E-state index >= 15 is 0 Å². The number of pyridine rings is 1. The highest BCUT2D eigenvalue weighted by atomic mass is 19.4. The molecule has 12 heteroatoms. The molecule has 4 heterocycles. The first kappa shape index (κ1) is 25.2. The summed E-state index contributed by atoms with van der Waals surface area (Å²) in [5, 5.41) is 6.40. The number of alkyl halides is 3. The van der Waals surface area contributed by atoms with E-state index in [0.717, 1.165) is 44.6 Å². The molecule has 3 aromatic heterocycles. The number of benzene rings is 1. The van der Waals surface area contributed by atoms with Crippen molar-refractivity contribution < 1.29 is 31.7 Å². The molecule has 1 aliphatic carbocycles. The summed E-state index contributed by atoms with van der Waals surface area (Å²) in [5.74, 6) is 1.79. The van der Waals surface area contributed by atoms with Crippen LogP contribution in [0.15, 0.2) is 62.5 Å². The van der Waals surface area contributed by atoms with Crippen LogP contribution >= 0.6 is 0 Å². The Hall–Kier alpha value is -4.06. The predicted molar refractivity (Wildman–Crippen MR) is 133 cm³/mol. The first-order valence-corrected chi connectivity index (χ1v) is 12.7. The first-order chi connectivity index (χ1) is 18.8. The zero-order valence-corrected chi connectivity index (χ0v) is 20.7. The summed E-state index contributed by atoms with van der Waals surface area (Å²) in [6.07, 6.45) is 0.206. The summed E-state index contributed by atoms with van der Waals surface area (Å²) >= 11 is 0. The van der Waals surface area contributed by atoms with Crippen LogP contribution in [0.4, 0.5) is 19.0 Å². The van der Waals surface area contributed by atoms with Gasteiger partial charge in [-0.2, -0.15) is 5.16 Å². The van der Waals surface area contributed by atoms with Crippen LogP contribution < -0.4 is 15.2 Å². The normalized spacial score (nSPS) is 16.5. The van der Waals surface area contributed by atoms with Gasteiger partial charge in [0.25, 0.3) is 5.56 Å². The minimum atomic E-state index is -4.82. The SMILES string of the molecule is O=c1cc(-c2ccc(N3CCC(OCc4c(-c5ccccc5OC(F)(F)F)noc4C4CC4)CC3)nc2)o[nH]1. The number of H-pyrrole nitrogens is 1. The van der Waals surface area contributed by atoms with E-state index in [9.17, 15) is 18.0 Å². The number of ether oxygens (including phenoxy) is 2. The number of nitrogens with one attached hydrogen (secondary N) is 1. The van der Waals surface area contributed by atoms with Crippen molar-refractivity contribution in [3.63, 3.8) is 0 Å². The lowest BCUT2D eigenvalue weighted by molar-refractivity contribution is -0.274. The quantitative estimate of drug-likeness (QED) is 0.305. The van der Waals surface area contributed by atoms with Gasteiger partial charge in [0.15, 0.2) is 5.76 Å². The van der Waals surface area contributed by atoms with E-state index < -0.39 is 6.36 Å². The maximum absolute atomic E-state index is 13.0. The number of aromatic nitrogens is 3. The van der Waals surface area contributed by atoms with Crippen molar-refractivity contribution in [3.8, 4) is 28.3 Å². The van der Waals surface area contributed by atoms with E-state index in [4.69, 9.17) is 13.8 Å². The minimum Gasteiger partial charge on any atom is -0.405 e. The van der Waals surface area contributed by atoms with Crippen LogP contribution in [0.1, 0.15) is 42.9 Å². The van der Waals surface area contributed by atoms with E-state index in [1.54, 1.807) is 18.3 Å². The summed E-state index contributed by atoms with van der Waals surface area (Å²) in [5.41, 5.74) is 1.60. The molecule has 1 aliphatic heterocycles. The molecule has 9 nitrogen and oxygen atoms in total. The Labute approximate surface area is 220 Å². The number of piperidine rings is 1. The van der Waals surface area contributed by atoms with Crippen LogP contribution in [0.3, 0.4) is 0 Å². The number of aromatic amines is 1. The van der Waals surface area contributed by atoms with E-state index in [1.165, 1.54) is 18.2 Å². The highest BCUT2D eigenvalue weighted by Gasteiger charge is 2.36. The summed E-state index contributed by atoms with van der Waals surface area (Å²) < 4.78 is 60.3. The van der Waals surface area contributed by atoms with Crippen molar-refractivity contribution in [1.29, 1.82) is 0 Å². The van der Waals surface area contributed by atoms with Gasteiger partial charge in [-0.1, -0.05) is 17.3 Å². The van der Waals surface area contributed by atoms with Crippen molar-refractivity contribution in [2.45, 2.75) is 50.7 Å². The molecule has 0 spiro atoms. The van der Waals surface area contributed by atoms with E-state index in [-0.39, 0.29) is 35.5 Å². The third-order valence-electron chi connectivity index (χ3n) is 6.92. The smallest absolute Gasteiger partial charge is 0.405 e. The van der Waals surface area contributed by atoms with Crippen LogP contribution in [-0.2, 0) is 11.3 Å². The largest absolute Gasteiger partial charge is 0.573 e. The number of anilines is 1. The Balaban J connectivity index is 1.12. The van der Waals surface area contributed by atoms with E-state index in [2.05, 4.69) is 24.9 Å². The van der Waals surface area contributed by atoms with Gasteiger partial charge in [-0.25, -0.2) is 4.98 Å². The summed E-state index contributed by atoms with van der Waals surface area (Å²) in [4.78, 5) is 18.0. The van der Waals surface area contributed by atoms with Gasteiger partial charge >= 0.3 is 6.36 Å². The molecule has 39 heavy (non-hydrogen) atoms. The van der Waals surface area contributed by atoms with Gasteiger partial charge in [0.1, 0.15) is 23.0 Å². The maximum atomic E-state index is 13.0. The van der Waals surface area contributed by atoms with Crippen LogP contribution in [0.5, 0.6) is 5.75 Å². The average molecular weight is 543 g/mol. The second kappa shape index (κ2) is 10.3. The topological polar surface area (TPSA) is 107 Å². The Bertz CT molecular complexity index is 1480. The third-order valence-corrected chi connectivity index (χ3v) is 6.92. The van der Waals surface area contributed by atoms with Gasteiger partial charge in [-0.05, 0) is 49.9 Å². The second-order valence-corrected chi connectivity index (χ2v) is 9.67. The number of hydrogen-bond donors (Lipinski definition) is 1. The molecular weight excluding hydrogens is 517 g/mol. The Morgan fingerprint density at radius 1 is 1.08 bits per heavy atom. The molecular formula is C27H25F3N4O5. The summed E-state index contributed by atoms with van der Waals surface area (Å²) in [7, 11) is 0. The molecule has 2 fully saturated rings. The Kier molecular flexibility index (Phi) is 6.63. The van der Waals surface area contributed by atoms with E-state index in [1.807, 2.05) is 12.1 Å². The van der Waals surface area contributed by atoms with E-state index in [0.29, 0.717) is 28.3 Å². The predicted octanol–water partition coefficient (Wildman–Crippen LogP) is 5.65. The van der Waals surface area contributed by atoms with Crippen LogP contribution in [0.2, 0.25) is 0 Å². The Morgan fingerprint density at radius 2 is 1.87 bits per heavy atom. The Morgan fingerprint density at radius 3 is 2.54 bits per heavy atom. The molecule has 0 amide bonds. The third kappa shape index (κ3) is 5.70. The second-order valence-electron chi connectivity index (χ2n) is 9.67. The van der Waals surface area contributed by atoms with Crippen molar-refractivity contribution in [2.75, 3.05) is 18.0 Å². The molecule has 0 bridgehead atoms. The van der Waals surface area contributed by atoms with Crippen molar-refractivity contribution in [1.82, 2.24) is 15.3 Å².